The summed E-state index contributed by atoms with van der Waals surface area (Å²) in [7, 11) is 0. The maximum Gasteiger partial charge on any atom is 0.334 e. The van der Waals surface area contributed by atoms with Gasteiger partial charge in [-0.15, -0.1) is 5.10 Å². The Bertz CT molecular complexity index is 805. The maximum atomic E-state index is 13.1. The summed E-state index contributed by atoms with van der Waals surface area (Å²) in [4.78, 5) is 29.3. The lowest BCUT2D eigenvalue weighted by molar-refractivity contribution is -0.160. The second-order valence-electron chi connectivity index (χ2n) is 5.85. The number of carbonyl (C=O) groups is 2. The fourth-order valence-corrected chi connectivity index (χ4v) is 2.70. The van der Waals surface area contributed by atoms with Crippen molar-refractivity contribution in [2.75, 3.05) is 13.1 Å². The van der Waals surface area contributed by atoms with Crippen LogP contribution in [0, 0.1) is 12.7 Å². The highest BCUT2D eigenvalue weighted by Crippen LogP contribution is 2.15. The number of hydrogen-bond acceptors (Lipinski definition) is 5. The van der Waals surface area contributed by atoms with Crippen LogP contribution in [-0.2, 0) is 9.53 Å². The third kappa shape index (κ3) is 3.50. The average Bonchev–Trinajstić information content (AvgIpc) is 2.96. The number of nitrogens with zero attached hydrogens (tertiary/aromatic N) is 4. The van der Waals surface area contributed by atoms with Crippen molar-refractivity contribution < 1.29 is 23.8 Å². The predicted molar refractivity (Wildman–Crippen MR) is 83.9 cm³/mol. The zero-order valence-electron chi connectivity index (χ0n) is 13.7. The van der Waals surface area contributed by atoms with Gasteiger partial charge < -0.3 is 14.7 Å². The number of morpholine rings is 1. The SMILES string of the molecule is Cc1nc(C(=O)N2CC(C(=O)O)O[C@H](C)C2)nn1-c1ccc(F)cc1. The molecule has 0 radical (unpaired) electrons. The third-order valence-electron chi connectivity index (χ3n) is 3.85. The van der Waals surface area contributed by atoms with Crippen molar-refractivity contribution in [3.63, 3.8) is 0 Å². The molecule has 1 N–H and O–H groups in total. The van der Waals surface area contributed by atoms with Gasteiger partial charge >= 0.3 is 5.97 Å². The molecule has 1 amide bonds. The lowest BCUT2D eigenvalue weighted by Crippen LogP contribution is -2.52. The lowest BCUT2D eigenvalue weighted by Gasteiger charge is -2.34. The number of halogens is 1. The number of hydrogen-bond donors (Lipinski definition) is 1. The second-order valence-corrected chi connectivity index (χ2v) is 5.85. The summed E-state index contributed by atoms with van der Waals surface area (Å²) in [6.07, 6.45) is -1.48. The van der Waals surface area contributed by atoms with Crippen molar-refractivity contribution in [1.82, 2.24) is 19.7 Å². The summed E-state index contributed by atoms with van der Waals surface area (Å²) in [6.45, 7) is 3.57. The Labute approximate surface area is 142 Å². The van der Waals surface area contributed by atoms with Crippen molar-refractivity contribution in [3.8, 4) is 5.69 Å². The van der Waals surface area contributed by atoms with E-state index in [1.54, 1.807) is 13.8 Å². The first-order chi connectivity index (χ1) is 11.8. The van der Waals surface area contributed by atoms with Gasteiger partial charge in [-0.3, -0.25) is 4.79 Å². The van der Waals surface area contributed by atoms with E-state index >= 15 is 0 Å². The summed E-state index contributed by atoms with van der Waals surface area (Å²) < 4.78 is 19.8. The van der Waals surface area contributed by atoms with Crippen molar-refractivity contribution in [1.29, 1.82) is 0 Å². The molecule has 0 saturated carbocycles. The molecule has 8 nitrogen and oxygen atoms in total. The van der Waals surface area contributed by atoms with Gasteiger partial charge in [0.05, 0.1) is 18.3 Å². The van der Waals surface area contributed by atoms with E-state index < -0.39 is 24.1 Å². The molecule has 1 aromatic heterocycles. The standard InChI is InChI=1S/C16H17FN4O4/c1-9-7-20(8-13(25-9)16(23)24)15(22)14-18-10(2)21(19-14)12-5-3-11(17)4-6-12/h3-6,9,13H,7-8H2,1-2H3,(H,23,24)/t9-,13?/m1/s1. The molecule has 0 aliphatic carbocycles. The Morgan fingerprint density at radius 1 is 1.28 bits per heavy atom. The Hall–Kier alpha value is -2.81. The number of carbonyl (C=O) groups excluding carboxylic acids is 1. The molecule has 2 heterocycles. The van der Waals surface area contributed by atoms with E-state index in [0.29, 0.717) is 11.5 Å². The molecule has 132 valence electrons. The second kappa shape index (κ2) is 6.60. The zero-order valence-corrected chi connectivity index (χ0v) is 13.7. The van der Waals surface area contributed by atoms with E-state index in [-0.39, 0.29) is 24.7 Å². The summed E-state index contributed by atoms with van der Waals surface area (Å²) in [5, 5.41) is 13.3. The molecule has 1 saturated heterocycles. The van der Waals surface area contributed by atoms with Crippen molar-refractivity contribution >= 4 is 11.9 Å². The molecule has 2 atom stereocenters. The van der Waals surface area contributed by atoms with Crippen LogP contribution in [0.4, 0.5) is 4.39 Å². The molecule has 1 aliphatic heterocycles. The smallest absolute Gasteiger partial charge is 0.334 e. The lowest BCUT2D eigenvalue weighted by atomic mass is 10.2. The van der Waals surface area contributed by atoms with E-state index in [0.717, 1.165) is 0 Å². The van der Waals surface area contributed by atoms with Crippen LogP contribution in [0.25, 0.3) is 5.69 Å². The normalized spacial score (nSPS) is 20.5. The van der Waals surface area contributed by atoms with Crippen LogP contribution in [0.1, 0.15) is 23.4 Å². The summed E-state index contributed by atoms with van der Waals surface area (Å²) in [5.74, 6) is -1.54. The van der Waals surface area contributed by atoms with Crippen LogP contribution in [-0.4, -0.2) is 61.9 Å². The molecule has 1 aliphatic rings. The van der Waals surface area contributed by atoms with Gasteiger partial charge in [0.1, 0.15) is 11.6 Å². The monoisotopic (exact) mass is 348 g/mol. The fourth-order valence-electron chi connectivity index (χ4n) is 2.70. The van der Waals surface area contributed by atoms with E-state index in [9.17, 15) is 14.0 Å². The Balaban J connectivity index is 1.84. The number of carboxylic acids is 1. The average molecular weight is 348 g/mol. The number of amides is 1. The van der Waals surface area contributed by atoms with Crippen molar-refractivity contribution in [3.05, 3.63) is 41.7 Å². The number of ether oxygens (including phenoxy) is 1. The largest absolute Gasteiger partial charge is 0.479 e. The van der Waals surface area contributed by atoms with E-state index in [4.69, 9.17) is 9.84 Å². The highest BCUT2D eigenvalue weighted by molar-refractivity contribution is 5.91. The minimum Gasteiger partial charge on any atom is -0.479 e. The van der Waals surface area contributed by atoms with Crippen LogP contribution in [0.5, 0.6) is 0 Å². The van der Waals surface area contributed by atoms with E-state index in [1.165, 1.54) is 33.8 Å². The van der Waals surface area contributed by atoms with Crippen LogP contribution in [0.2, 0.25) is 0 Å². The first-order valence-electron chi connectivity index (χ1n) is 7.72. The maximum absolute atomic E-state index is 13.1. The van der Waals surface area contributed by atoms with Crippen molar-refractivity contribution in [2.24, 2.45) is 0 Å². The first-order valence-corrected chi connectivity index (χ1v) is 7.72. The number of aromatic nitrogens is 3. The molecular formula is C16H17FN4O4. The molecular weight excluding hydrogens is 331 g/mol. The number of rotatable bonds is 3. The van der Waals surface area contributed by atoms with Crippen LogP contribution in [0.15, 0.2) is 24.3 Å². The first kappa shape index (κ1) is 17.0. The molecule has 25 heavy (non-hydrogen) atoms. The number of aryl methyl sites for hydroxylation is 1. The zero-order chi connectivity index (χ0) is 18.1. The number of carboxylic acid groups (broad SMARTS) is 1. The summed E-state index contributed by atoms with van der Waals surface area (Å²) in [6, 6.07) is 5.64. The Morgan fingerprint density at radius 2 is 1.96 bits per heavy atom. The highest BCUT2D eigenvalue weighted by atomic mass is 19.1. The molecule has 1 fully saturated rings. The Morgan fingerprint density at radius 3 is 2.60 bits per heavy atom. The van der Waals surface area contributed by atoms with E-state index in [2.05, 4.69) is 10.1 Å². The molecule has 3 rings (SSSR count). The van der Waals surface area contributed by atoms with Gasteiger partial charge in [-0.1, -0.05) is 0 Å². The molecule has 1 aromatic carbocycles. The summed E-state index contributed by atoms with van der Waals surface area (Å²) in [5.41, 5.74) is 0.573. The number of benzene rings is 1. The van der Waals surface area contributed by atoms with Gasteiger partial charge in [0.15, 0.2) is 6.10 Å². The molecule has 0 bridgehead atoms. The van der Waals surface area contributed by atoms with Gasteiger partial charge in [-0.2, -0.15) is 0 Å². The van der Waals surface area contributed by atoms with E-state index in [1.807, 2.05) is 0 Å². The van der Waals surface area contributed by atoms with Gasteiger partial charge in [-0.05, 0) is 38.1 Å². The minimum absolute atomic E-state index is 0.0416. The quantitative estimate of drug-likeness (QED) is 0.890. The van der Waals surface area contributed by atoms with Crippen LogP contribution < -0.4 is 0 Å². The predicted octanol–water partition coefficient (Wildman–Crippen LogP) is 1.03. The highest BCUT2D eigenvalue weighted by Gasteiger charge is 2.34. The third-order valence-corrected chi connectivity index (χ3v) is 3.85. The van der Waals surface area contributed by atoms with Gasteiger partial charge in [0.25, 0.3) is 5.91 Å². The topological polar surface area (TPSA) is 97.6 Å². The van der Waals surface area contributed by atoms with Crippen LogP contribution in [0.3, 0.4) is 0 Å². The molecule has 9 heteroatoms. The number of aliphatic carboxylic acids is 1. The summed E-state index contributed by atoms with van der Waals surface area (Å²) >= 11 is 0. The minimum atomic E-state index is -1.12. The molecule has 0 spiro atoms. The molecule has 1 unspecified atom stereocenters. The van der Waals surface area contributed by atoms with Gasteiger partial charge in [0.2, 0.25) is 5.82 Å². The van der Waals surface area contributed by atoms with Gasteiger partial charge in [0, 0.05) is 6.54 Å². The Kier molecular flexibility index (Phi) is 4.49. The fraction of sp³-hybridized carbons (Fsp3) is 0.375. The van der Waals surface area contributed by atoms with Crippen molar-refractivity contribution in [2.45, 2.75) is 26.1 Å². The van der Waals surface area contributed by atoms with Gasteiger partial charge in [-0.25, -0.2) is 18.9 Å². The van der Waals surface area contributed by atoms with Crippen LogP contribution >= 0.6 is 0 Å². The molecule has 2 aromatic rings.